The lowest BCUT2D eigenvalue weighted by atomic mass is 9.82. The average molecular weight is 273 g/mol. The number of anilines is 2. The molecule has 0 radical (unpaired) electrons. The number of hydrogen-bond donors (Lipinski definition) is 1. The molecule has 1 unspecified atom stereocenters. The molecule has 1 aromatic carbocycles. The van der Waals surface area contributed by atoms with Crippen LogP contribution in [-0.4, -0.2) is 39.1 Å². The Kier molecular flexibility index (Phi) is 3.42. The van der Waals surface area contributed by atoms with Crippen molar-refractivity contribution < 1.29 is 4.79 Å². The fourth-order valence-electron chi connectivity index (χ4n) is 3.38. The Morgan fingerprint density at radius 1 is 1.30 bits per heavy atom. The number of benzene rings is 1. The van der Waals surface area contributed by atoms with E-state index in [1.54, 1.807) is 0 Å². The van der Waals surface area contributed by atoms with Gasteiger partial charge in [-0.15, -0.1) is 0 Å². The Morgan fingerprint density at radius 3 is 2.70 bits per heavy atom. The number of amides is 1. The highest BCUT2D eigenvalue weighted by atomic mass is 16.2. The number of hydrogen-bond acceptors (Lipinski definition) is 3. The fraction of sp³-hybridized carbons (Fsp3) is 0.562. The first kappa shape index (κ1) is 13.4. The van der Waals surface area contributed by atoms with Crippen molar-refractivity contribution in [3.63, 3.8) is 0 Å². The molecule has 108 valence electrons. The SMILES string of the molecule is CCC1(C(=O)N2CCN(C)c3ccccc32)CCNC1. The van der Waals surface area contributed by atoms with Gasteiger partial charge in [0, 0.05) is 26.7 Å². The van der Waals surface area contributed by atoms with E-state index in [0.29, 0.717) is 5.91 Å². The van der Waals surface area contributed by atoms with Crippen LogP contribution in [0.15, 0.2) is 24.3 Å². The lowest BCUT2D eigenvalue weighted by molar-refractivity contribution is -0.127. The maximum absolute atomic E-state index is 13.1. The Hall–Kier alpha value is -1.55. The first-order chi connectivity index (χ1) is 9.68. The van der Waals surface area contributed by atoms with Crippen molar-refractivity contribution in [2.24, 2.45) is 5.41 Å². The van der Waals surface area contributed by atoms with E-state index in [9.17, 15) is 4.79 Å². The molecule has 2 heterocycles. The summed E-state index contributed by atoms with van der Waals surface area (Å²) in [6.07, 6.45) is 1.87. The number of nitrogens with one attached hydrogen (secondary N) is 1. The van der Waals surface area contributed by atoms with Gasteiger partial charge in [-0.25, -0.2) is 0 Å². The Morgan fingerprint density at radius 2 is 2.05 bits per heavy atom. The number of nitrogens with zero attached hydrogens (tertiary/aromatic N) is 2. The lowest BCUT2D eigenvalue weighted by Gasteiger charge is -2.40. The molecule has 2 aliphatic heterocycles. The molecular weight excluding hydrogens is 250 g/mol. The monoisotopic (exact) mass is 273 g/mol. The van der Waals surface area contributed by atoms with Crippen LogP contribution in [0.5, 0.6) is 0 Å². The summed E-state index contributed by atoms with van der Waals surface area (Å²) in [7, 11) is 2.09. The third-order valence-corrected chi connectivity index (χ3v) is 4.86. The fourth-order valence-corrected chi connectivity index (χ4v) is 3.38. The molecule has 1 saturated heterocycles. The number of carbonyl (C=O) groups excluding carboxylic acids is 1. The van der Waals surface area contributed by atoms with Crippen molar-refractivity contribution in [2.75, 3.05) is 43.0 Å². The molecule has 1 amide bonds. The van der Waals surface area contributed by atoms with Crippen LogP contribution in [0, 0.1) is 5.41 Å². The first-order valence-electron chi connectivity index (χ1n) is 7.51. The van der Waals surface area contributed by atoms with Gasteiger partial charge < -0.3 is 15.1 Å². The Labute approximate surface area is 120 Å². The third kappa shape index (κ3) is 1.99. The molecular formula is C16H23N3O. The van der Waals surface area contributed by atoms with E-state index in [1.807, 2.05) is 17.0 Å². The van der Waals surface area contributed by atoms with Gasteiger partial charge in [0.05, 0.1) is 16.8 Å². The minimum atomic E-state index is -0.205. The molecule has 1 aromatic rings. The maximum atomic E-state index is 13.1. The summed E-state index contributed by atoms with van der Waals surface area (Å²) < 4.78 is 0. The zero-order valence-corrected chi connectivity index (χ0v) is 12.4. The second-order valence-electron chi connectivity index (χ2n) is 5.93. The lowest BCUT2D eigenvalue weighted by Crippen LogP contribution is -2.50. The van der Waals surface area contributed by atoms with Gasteiger partial charge in [0.1, 0.15) is 0 Å². The molecule has 0 aromatic heterocycles. The van der Waals surface area contributed by atoms with Crippen LogP contribution in [-0.2, 0) is 4.79 Å². The molecule has 1 fully saturated rings. The molecule has 0 aliphatic carbocycles. The second-order valence-corrected chi connectivity index (χ2v) is 5.93. The van der Waals surface area contributed by atoms with Crippen LogP contribution in [0.1, 0.15) is 19.8 Å². The number of fused-ring (bicyclic) bond motifs is 1. The van der Waals surface area contributed by atoms with Crippen molar-refractivity contribution >= 4 is 17.3 Å². The zero-order valence-electron chi connectivity index (χ0n) is 12.4. The van der Waals surface area contributed by atoms with Gasteiger partial charge in [-0.2, -0.15) is 0 Å². The van der Waals surface area contributed by atoms with E-state index in [4.69, 9.17) is 0 Å². The van der Waals surface area contributed by atoms with Crippen LogP contribution in [0.4, 0.5) is 11.4 Å². The zero-order chi connectivity index (χ0) is 14.2. The van der Waals surface area contributed by atoms with Crippen molar-refractivity contribution in [1.29, 1.82) is 0 Å². The van der Waals surface area contributed by atoms with Gasteiger partial charge in [0.15, 0.2) is 0 Å². The summed E-state index contributed by atoms with van der Waals surface area (Å²) in [5, 5.41) is 3.36. The molecule has 2 aliphatic rings. The minimum absolute atomic E-state index is 0.205. The summed E-state index contributed by atoms with van der Waals surface area (Å²) in [5.41, 5.74) is 2.01. The van der Waals surface area contributed by atoms with Crippen LogP contribution in [0.2, 0.25) is 0 Å². The molecule has 4 heteroatoms. The van der Waals surface area contributed by atoms with Gasteiger partial charge in [0.25, 0.3) is 0 Å². The number of para-hydroxylation sites is 2. The summed E-state index contributed by atoms with van der Waals surface area (Å²) in [4.78, 5) is 17.3. The summed E-state index contributed by atoms with van der Waals surface area (Å²) in [6, 6.07) is 8.22. The van der Waals surface area contributed by atoms with Crippen LogP contribution < -0.4 is 15.1 Å². The maximum Gasteiger partial charge on any atom is 0.234 e. The highest BCUT2D eigenvalue weighted by Gasteiger charge is 2.43. The topological polar surface area (TPSA) is 35.6 Å². The van der Waals surface area contributed by atoms with E-state index in [2.05, 4.69) is 36.3 Å². The van der Waals surface area contributed by atoms with Crippen LogP contribution in [0.25, 0.3) is 0 Å². The molecule has 1 N–H and O–H groups in total. The Bertz CT molecular complexity index is 508. The molecule has 4 nitrogen and oxygen atoms in total. The number of likely N-dealkylation sites (N-methyl/N-ethyl adjacent to an activating group) is 1. The normalized spacial score (nSPS) is 25.7. The highest BCUT2D eigenvalue weighted by Crippen LogP contribution is 2.38. The van der Waals surface area contributed by atoms with Gasteiger partial charge in [-0.05, 0) is 31.5 Å². The van der Waals surface area contributed by atoms with Crippen molar-refractivity contribution in [1.82, 2.24) is 5.32 Å². The van der Waals surface area contributed by atoms with Crippen molar-refractivity contribution in [2.45, 2.75) is 19.8 Å². The van der Waals surface area contributed by atoms with Crippen molar-refractivity contribution in [3.8, 4) is 0 Å². The highest BCUT2D eigenvalue weighted by molar-refractivity contribution is 6.01. The van der Waals surface area contributed by atoms with Crippen molar-refractivity contribution in [3.05, 3.63) is 24.3 Å². The first-order valence-corrected chi connectivity index (χ1v) is 7.51. The number of rotatable bonds is 2. The van der Waals surface area contributed by atoms with E-state index in [-0.39, 0.29) is 5.41 Å². The quantitative estimate of drug-likeness (QED) is 0.893. The molecule has 3 rings (SSSR count). The molecule has 0 bridgehead atoms. The summed E-state index contributed by atoms with van der Waals surface area (Å²) in [6.45, 7) is 5.59. The van der Waals surface area contributed by atoms with Gasteiger partial charge >= 0.3 is 0 Å². The number of carbonyl (C=O) groups is 1. The van der Waals surface area contributed by atoms with E-state index in [0.717, 1.165) is 50.4 Å². The molecule has 0 spiro atoms. The van der Waals surface area contributed by atoms with Gasteiger partial charge in [-0.3, -0.25) is 4.79 Å². The van der Waals surface area contributed by atoms with E-state index in [1.165, 1.54) is 0 Å². The summed E-state index contributed by atoms with van der Waals surface area (Å²) >= 11 is 0. The largest absolute Gasteiger partial charge is 0.371 e. The Balaban J connectivity index is 1.95. The molecule has 1 atom stereocenters. The smallest absolute Gasteiger partial charge is 0.234 e. The second kappa shape index (κ2) is 5.09. The third-order valence-electron chi connectivity index (χ3n) is 4.86. The van der Waals surface area contributed by atoms with E-state index >= 15 is 0 Å². The molecule has 20 heavy (non-hydrogen) atoms. The molecule has 0 saturated carbocycles. The van der Waals surface area contributed by atoms with E-state index < -0.39 is 0 Å². The van der Waals surface area contributed by atoms with Crippen LogP contribution >= 0.6 is 0 Å². The average Bonchev–Trinajstić information content (AvgIpc) is 2.97. The van der Waals surface area contributed by atoms with Crippen LogP contribution in [0.3, 0.4) is 0 Å². The minimum Gasteiger partial charge on any atom is -0.371 e. The van der Waals surface area contributed by atoms with Gasteiger partial charge in [0.2, 0.25) is 5.91 Å². The summed E-state index contributed by atoms with van der Waals surface area (Å²) in [5.74, 6) is 0.297. The predicted octanol–water partition coefficient (Wildman–Crippen LogP) is 1.86. The predicted molar refractivity (Wildman–Crippen MR) is 82.3 cm³/mol. The standard InChI is InChI=1S/C16H23N3O/c1-3-16(8-9-17-12-16)15(20)19-11-10-18(2)13-6-4-5-7-14(13)19/h4-7,17H,3,8-12H2,1-2H3. The van der Waals surface area contributed by atoms with Gasteiger partial charge in [-0.1, -0.05) is 19.1 Å².